The minimum atomic E-state index is -3.88. The Morgan fingerprint density at radius 3 is 2.50 bits per heavy atom. The summed E-state index contributed by atoms with van der Waals surface area (Å²) in [5.74, 6) is -1.11. The quantitative estimate of drug-likeness (QED) is 0.813. The van der Waals surface area contributed by atoms with Gasteiger partial charge >= 0.3 is 5.97 Å². The van der Waals surface area contributed by atoms with Crippen molar-refractivity contribution in [3.63, 3.8) is 0 Å². The first kappa shape index (κ1) is 17.1. The second-order valence-corrected chi connectivity index (χ2v) is 7.61. The van der Waals surface area contributed by atoms with Crippen molar-refractivity contribution in [2.75, 3.05) is 0 Å². The Morgan fingerprint density at radius 2 is 2.00 bits per heavy atom. The van der Waals surface area contributed by atoms with Crippen molar-refractivity contribution in [3.05, 3.63) is 28.2 Å². The van der Waals surface area contributed by atoms with Gasteiger partial charge in [-0.15, -0.1) is 0 Å². The molecule has 0 unspecified atom stereocenters. The van der Waals surface area contributed by atoms with Gasteiger partial charge < -0.3 is 5.11 Å². The van der Waals surface area contributed by atoms with Crippen molar-refractivity contribution >= 4 is 31.9 Å². The molecule has 1 atom stereocenters. The smallest absolute Gasteiger partial charge is 0.321 e. The van der Waals surface area contributed by atoms with E-state index in [1.165, 1.54) is 6.07 Å². The first-order valence-corrected chi connectivity index (χ1v) is 8.42. The molecule has 1 aromatic carbocycles. The molecule has 0 aliphatic heterocycles. The Bertz CT molecular complexity index is 598. The summed E-state index contributed by atoms with van der Waals surface area (Å²) in [4.78, 5) is 11.2. The van der Waals surface area contributed by atoms with Crippen LogP contribution in [0.4, 0.5) is 0 Å². The third-order valence-electron chi connectivity index (χ3n) is 2.68. The number of rotatable bonds is 6. The number of carboxylic acids is 1. The number of hydrogen-bond donors (Lipinski definition) is 2. The maximum Gasteiger partial charge on any atom is 0.321 e. The summed E-state index contributed by atoms with van der Waals surface area (Å²) < 4.78 is 27.3. The maximum atomic E-state index is 12.3. The number of aryl methyl sites for hydroxylation is 1. The summed E-state index contributed by atoms with van der Waals surface area (Å²) in [6.45, 7) is 5.45. The van der Waals surface area contributed by atoms with E-state index in [1.807, 2.05) is 13.8 Å². The van der Waals surface area contributed by atoms with Crippen LogP contribution in [0.25, 0.3) is 0 Å². The van der Waals surface area contributed by atoms with Gasteiger partial charge in [0, 0.05) is 4.47 Å². The van der Waals surface area contributed by atoms with Gasteiger partial charge in [0.2, 0.25) is 10.0 Å². The van der Waals surface area contributed by atoms with E-state index in [4.69, 9.17) is 5.11 Å². The summed E-state index contributed by atoms with van der Waals surface area (Å²) in [5, 5.41) is 9.12. The van der Waals surface area contributed by atoms with Gasteiger partial charge in [-0.1, -0.05) is 19.9 Å². The lowest BCUT2D eigenvalue weighted by molar-refractivity contribution is -0.139. The number of carboxylic acid groups (broad SMARTS) is 1. The average Bonchev–Trinajstić information content (AvgIpc) is 2.30. The molecular formula is C13H18BrNO4S. The zero-order valence-electron chi connectivity index (χ0n) is 11.6. The Hall–Kier alpha value is -0.920. The number of sulfonamides is 1. The molecule has 0 saturated carbocycles. The van der Waals surface area contributed by atoms with Gasteiger partial charge in [-0.3, -0.25) is 4.79 Å². The highest BCUT2D eigenvalue weighted by molar-refractivity contribution is 9.10. The van der Waals surface area contributed by atoms with Gasteiger partial charge in [0.15, 0.2) is 0 Å². The van der Waals surface area contributed by atoms with Crippen LogP contribution in [0, 0.1) is 12.8 Å². The largest absolute Gasteiger partial charge is 0.480 e. The Morgan fingerprint density at radius 1 is 1.40 bits per heavy atom. The summed E-state index contributed by atoms with van der Waals surface area (Å²) in [6, 6.07) is 3.77. The highest BCUT2D eigenvalue weighted by Gasteiger charge is 2.27. The number of carbonyl (C=O) groups is 1. The molecule has 0 bridgehead atoms. The molecule has 112 valence electrons. The monoisotopic (exact) mass is 363 g/mol. The van der Waals surface area contributed by atoms with E-state index < -0.39 is 22.0 Å². The molecule has 1 aromatic rings. The van der Waals surface area contributed by atoms with Crippen LogP contribution in [0.15, 0.2) is 27.6 Å². The molecule has 0 saturated heterocycles. The van der Waals surface area contributed by atoms with Crippen molar-refractivity contribution in [2.24, 2.45) is 5.92 Å². The molecule has 20 heavy (non-hydrogen) atoms. The van der Waals surface area contributed by atoms with Gasteiger partial charge in [0.05, 0.1) is 4.90 Å². The molecule has 0 heterocycles. The van der Waals surface area contributed by atoms with Crippen molar-refractivity contribution < 1.29 is 18.3 Å². The van der Waals surface area contributed by atoms with Gasteiger partial charge in [0.25, 0.3) is 0 Å². The zero-order chi connectivity index (χ0) is 15.5. The molecule has 1 rings (SSSR count). The van der Waals surface area contributed by atoms with Crippen LogP contribution in [-0.4, -0.2) is 25.5 Å². The topological polar surface area (TPSA) is 83.5 Å². The maximum absolute atomic E-state index is 12.3. The van der Waals surface area contributed by atoms with E-state index in [9.17, 15) is 13.2 Å². The summed E-state index contributed by atoms with van der Waals surface area (Å²) in [5.41, 5.74) is 0.782. The molecule has 0 spiro atoms. The van der Waals surface area contributed by atoms with E-state index in [-0.39, 0.29) is 17.2 Å². The number of aliphatic carboxylic acids is 1. The van der Waals surface area contributed by atoms with Crippen molar-refractivity contribution in [3.8, 4) is 0 Å². The van der Waals surface area contributed by atoms with Gasteiger partial charge in [0.1, 0.15) is 6.04 Å². The molecule has 0 aromatic heterocycles. The van der Waals surface area contributed by atoms with E-state index in [0.717, 1.165) is 5.56 Å². The number of hydrogen-bond acceptors (Lipinski definition) is 3. The normalized spacial score (nSPS) is 13.4. The number of nitrogens with one attached hydrogen (secondary N) is 1. The molecule has 7 heteroatoms. The van der Waals surface area contributed by atoms with Crippen molar-refractivity contribution in [1.29, 1.82) is 0 Å². The van der Waals surface area contributed by atoms with Crippen LogP contribution >= 0.6 is 15.9 Å². The third kappa shape index (κ3) is 4.57. The second kappa shape index (κ2) is 6.69. The molecule has 5 nitrogen and oxygen atoms in total. The van der Waals surface area contributed by atoms with Crippen LogP contribution in [0.1, 0.15) is 25.8 Å². The lowest BCUT2D eigenvalue weighted by Gasteiger charge is -2.17. The van der Waals surface area contributed by atoms with Crippen LogP contribution in [0.3, 0.4) is 0 Å². The first-order chi connectivity index (χ1) is 9.13. The summed E-state index contributed by atoms with van der Waals surface area (Å²) in [7, 11) is -3.88. The van der Waals surface area contributed by atoms with Gasteiger partial charge in [-0.25, -0.2) is 8.42 Å². The van der Waals surface area contributed by atoms with Gasteiger partial charge in [-0.05, 0) is 52.9 Å². The van der Waals surface area contributed by atoms with E-state index in [1.54, 1.807) is 19.1 Å². The summed E-state index contributed by atoms with van der Waals surface area (Å²) in [6.07, 6.45) is 0.234. The molecule has 0 fully saturated rings. The molecule has 2 N–H and O–H groups in total. The number of benzene rings is 1. The Kier molecular flexibility index (Phi) is 5.73. The van der Waals surface area contributed by atoms with Gasteiger partial charge in [-0.2, -0.15) is 4.72 Å². The lowest BCUT2D eigenvalue weighted by atomic mass is 10.1. The lowest BCUT2D eigenvalue weighted by Crippen LogP contribution is -2.41. The average molecular weight is 364 g/mol. The van der Waals surface area contributed by atoms with Crippen molar-refractivity contribution in [2.45, 2.75) is 38.1 Å². The highest BCUT2D eigenvalue weighted by atomic mass is 79.9. The minimum Gasteiger partial charge on any atom is -0.480 e. The molecule has 0 aliphatic carbocycles. The van der Waals surface area contributed by atoms with Crippen LogP contribution in [-0.2, 0) is 14.8 Å². The predicted octanol–water partition coefficient (Wildman–Crippen LogP) is 2.54. The van der Waals surface area contributed by atoms with Crippen LogP contribution < -0.4 is 4.72 Å². The molecule has 0 radical (unpaired) electrons. The fourth-order valence-corrected chi connectivity index (χ4v) is 3.99. The Balaban J connectivity index is 3.09. The van der Waals surface area contributed by atoms with E-state index in [2.05, 4.69) is 20.7 Å². The van der Waals surface area contributed by atoms with Crippen molar-refractivity contribution in [1.82, 2.24) is 4.72 Å². The predicted molar refractivity (Wildman–Crippen MR) is 80.1 cm³/mol. The minimum absolute atomic E-state index is 0.0486. The summed E-state index contributed by atoms with van der Waals surface area (Å²) >= 11 is 3.18. The first-order valence-electron chi connectivity index (χ1n) is 6.14. The fourth-order valence-electron chi connectivity index (χ4n) is 1.74. The van der Waals surface area contributed by atoms with Crippen LogP contribution in [0.2, 0.25) is 0 Å². The highest BCUT2D eigenvalue weighted by Crippen LogP contribution is 2.23. The zero-order valence-corrected chi connectivity index (χ0v) is 14.0. The Labute approximate surface area is 127 Å². The van der Waals surface area contributed by atoms with E-state index in [0.29, 0.717) is 4.47 Å². The standard InChI is InChI=1S/C13H18BrNO4S/c1-8(2)6-11(13(16)17)15-20(18,19)12-7-9(3)4-5-10(12)14/h4-5,7-8,11,15H,6H2,1-3H3,(H,16,17)/t11-/m0/s1. The fraction of sp³-hybridized carbons (Fsp3) is 0.462. The molecule has 0 amide bonds. The number of halogens is 1. The van der Waals surface area contributed by atoms with Crippen LogP contribution in [0.5, 0.6) is 0 Å². The third-order valence-corrected chi connectivity index (χ3v) is 5.14. The molecule has 0 aliphatic rings. The van der Waals surface area contributed by atoms with E-state index >= 15 is 0 Å². The SMILES string of the molecule is Cc1ccc(Br)c(S(=O)(=O)N[C@@H](CC(C)C)C(=O)O)c1. The second-order valence-electron chi connectivity index (χ2n) is 5.08. The molecular weight excluding hydrogens is 346 g/mol.